The number of hydrogen-bond donors (Lipinski definition) is 2. The van der Waals surface area contributed by atoms with E-state index in [9.17, 15) is 0 Å². The van der Waals surface area contributed by atoms with Gasteiger partial charge in [0.15, 0.2) is 0 Å². The summed E-state index contributed by atoms with van der Waals surface area (Å²) >= 11 is 0. The maximum absolute atomic E-state index is 6.03. The van der Waals surface area contributed by atoms with E-state index in [-0.39, 0.29) is 5.79 Å². The molecule has 2 radical (unpaired) electrons. The highest BCUT2D eigenvalue weighted by molar-refractivity contribution is 6.67. The molecule has 0 saturated carbocycles. The molecule has 0 fully saturated rings. The van der Waals surface area contributed by atoms with Gasteiger partial charge in [-0.05, 0) is 93.9 Å². The first-order valence-electron chi connectivity index (χ1n) is 16.0. The predicted octanol–water partition coefficient (Wildman–Crippen LogP) is 4.13. The van der Waals surface area contributed by atoms with Crippen LogP contribution >= 0.6 is 0 Å². The highest BCUT2D eigenvalue weighted by Gasteiger charge is 2.41. The smallest absolute Gasteiger partial charge is 0.374 e. The molecule has 250 valence electrons. The van der Waals surface area contributed by atoms with Crippen LogP contribution in [0.4, 0.5) is 0 Å². The molecule has 0 spiro atoms. The first-order chi connectivity index (χ1) is 20.3. The third-order valence-electron chi connectivity index (χ3n) is 5.79. The van der Waals surface area contributed by atoms with E-state index in [1.807, 2.05) is 68.0 Å². The van der Waals surface area contributed by atoms with Gasteiger partial charge in [-0.2, -0.15) is 0 Å². The van der Waals surface area contributed by atoms with Crippen LogP contribution < -0.4 is 10.6 Å². The van der Waals surface area contributed by atoms with Crippen LogP contribution in [0.25, 0.3) is 0 Å². The third-order valence-corrected chi connectivity index (χ3v) is 16.2. The normalized spacial score (nSPS) is 13.2. The molecule has 15 heteroatoms. The summed E-state index contributed by atoms with van der Waals surface area (Å²) in [6, 6.07) is 1.53. The SMILES string of the molecule is CCO[Si](C=C[Si]C(NCCC[Si](OCC)(OCC)OCC)NCCC[Si](OCC)(OCC)OCC)(OCC)OCC. The van der Waals surface area contributed by atoms with Crippen LogP contribution in [0.1, 0.15) is 75.2 Å². The summed E-state index contributed by atoms with van der Waals surface area (Å²) in [5, 5.41) is 7.38. The summed E-state index contributed by atoms with van der Waals surface area (Å²) in [5.41, 5.74) is 4.16. The number of hydrogen-bond acceptors (Lipinski definition) is 11. The molecule has 0 aliphatic heterocycles. The second-order valence-electron chi connectivity index (χ2n) is 8.92. The Bertz CT molecular complexity index is 572. The highest BCUT2D eigenvalue weighted by Crippen LogP contribution is 2.19. The van der Waals surface area contributed by atoms with Crippen LogP contribution in [0.3, 0.4) is 0 Å². The van der Waals surface area contributed by atoms with Crippen LogP contribution in [0, 0.1) is 0 Å². The molecule has 0 unspecified atom stereocenters. The minimum Gasteiger partial charge on any atom is -0.374 e. The van der Waals surface area contributed by atoms with Crippen molar-refractivity contribution < 1.29 is 39.8 Å². The van der Waals surface area contributed by atoms with E-state index in [0.29, 0.717) is 69.0 Å². The van der Waals surface area contributed by atoms with Crippen molar-refractivity contribution in [3.8, 4) is 0 Å². The van der Waals surface area contributed by atoms with E-state index in [1.165, 1.54) is 0 Å². The van der Waals surface area contributed by atoms with Crippen LogP contribution in [0.15, 0.2) is 11.4 Å². The van der Waals surface area contributed by atoms with Crippen molar-refractivity contribution in [1.82, 2.24) is 10.6 Å². The standard InChI is InChI=1S/C27H62N2O9Si4/c1-10-30-40(31-11-2,32-12-3)24-19-21-28-27(39-23-26-42(36-16-7,37-17-8)38-18-9)29-22-20-25-41(33-13-4,34-14-5)35-15-6/h23,26-29H,10-22,24-25H2,1-9H3. The van der Waals surface area contributed by atoms with Crippen LogP contribution in [0.5, 0.6) is 0 Å². The van der Waals surface area contributed by atoms with Gasteiger partial charge in [0.25, 0.3) is 0 Å². The fourth-order valence-corrected chi connectivity index (χ4v) is 13.3. The van der Waals surface area contributed by atoms with Crippen molar-refractivity contribution in [2.45, 2.75) is 93.0 Å². The minimum atomic E-state index is -2.86. The Morgan fingerprint density at radius 2 is 0.810 bits per heavy atom. The van der Waals surface area contributed by atoms with Gasteiger partial charge in [-0.1, -0.05) is 5.70 Å². The summed E-state index contributed by atoms with van der Waals surface area (Å²) in [5.74, 6) is 0.0579. The zero-order valence-electron chi connectivity index (χ0n) is 28.0. The fourth-order valence-electron chi connectivity index (χ4n) is 4.41. The van der Waals surface area contributed by atoms with Gasteiger partial charge in [0.2, 0.25) is 0 Å². The maximum atomic E-state index is 6.03. The van der Waals surface area contributed by atoms with Gasteiger partial charge in [0.1, 0.15) is 9.52 Å². The first-order valence-corrected chi connectivity index (χ1v) is 22.8. The lowest BCUT2D eigenvalue weighted by atomic mass is 10.4. The second kappa shape index (κ2) is 26.4. The van der Waals surface area contributed by atoms with Crippen molar-refractivity contribution in [3.05, 3.63) is 11.4 Å². The fraction of sp³-hybridized carbons (Fsp3) is 0.926. The predicted molar refractivity (Wildman–Crippen MR) is 175 cm³/mol. The minimum absolute atomic E-state index is 0.0579. The van der Waals surface area contributed by atoms with Crippen LogP contribution in [-0.4, -0.2) is 114 Å². The lowest BCUT2D eigenvalue weighted by Crippen LogP contribution is -2.50. The molecule has 11 nitrogen and oxygen atoms in total. The Balaban J connectivity index is 5.47. The largest absolute Gasteiger partial charge is 0.528 e. The Labute approximate surface area is 262 Å². The summed E-state index contributed by atoms with van der Waals surface area (Å²) in [6.45, 7) is 24.5. The lowest BCUT2D eigenvalue weighted by Gasteiger charge is -2.29. The zero-order chi connectivity index (χ0) is 31.6. The van der Waals surface area contributed by atoms with Crippen molar-refractivity contribution in [3.63, 3.8) is 0 Å². The topological polar surface area (TPSA) is 107 Å². The summed E-state index contributed by atoms with van der Waals surface area (Å²) < 4.78 is 54.2. The van der Waals surface area contributed by atoms with Gasteiger partial charge >= 0.3 is 26.4 Å². The van der Waals surface area contributed by atoms with E-state index < -0.39 is 26.4 Å². The van der Waals surface area contributed by atoms with E-state index >= 15 is 0 Å². The molecule has 0 saturated heterocycles. The molecule has 0 aliphatic carbocycles. The van der Waals surface area contributed by atoms with Gasteiger partial charge in [-0.3, -0.25) is 0 Å². The van der Waals surface area contributed by atoms with Gasteiger partial charge < -0.3 is 50.5 Å². The summed E-state index contributed by atoms with van der Waals surface area (Å²) in [6.07, 6.45) is 1.76. The molecular formula is C27H62N2O9Si4. The molecule has 0 aliphatic rings. The van der Waals surface area contributed by atoms with E-state index in [4.69, 9.17) is 39.8 Å². The van der Waals surface area contributed by atoms with Gasteiger partial charge in [0.05, 0.1) is 0 Å². The molecule has 42 heavy (non-hydrogen) atoms. The van der Waals surface area contributed by atoms with Crippen molar-refractivity contribution in [2.24, 2.45) is 0 Å². The van der Waals surface area contributed by atoms with Crippen LogP contribution in [0.2, 0.25) is 12.1 Å². The highest BCUT2D eigenvalue weighted by atomic mass is 28.4. The Morgan fingerprint density at radius 3 is 1.10 bits per heavy atom. The molecule has 0 bridgehead atoms. The quantitative estimate of drug-likeness (QED) is 0.0632. The molecule has 0 rings (SSSR count). The zero-order valence-corrected chi connectivity index (χ0v) is 32.0. The molecule has 0 aromatic rings. The van der Waals surface area contributed by atoms with Crippen molar-refractivity contribution >= 4 is 35.9 Å². The summed E-state index contributed by atoms with van der Waals surface area (Å²) in [4.78, 5) is 0. The summed E-state index contributed by atoms with van der Waals surface area (Å²) in [7, 11) is -7.77. The Hall–Kier alpha value is 0.168. The van der Waals surface area contributed by atoms with Gasteiger partial charge in [0, 0.05) is 77.3 Å². The number of nitrogens with one attached hydrogen (secondary N) is 2. The molecule has 2 N–H and O–H groups in total. The van der Waals surface area contributed by atoms with Gasteiger partial charge in [-0.15, -0.1) is 0 Å². The Kier molecular flexibility index (Phi) is 26.5. The van der Waals surface area contributed by atoms with Gasteiger partial charge in [-0.25, -0.2) is 0 Å². The Morgan fingerprint density at radius 1 is 0.500 bits per heavy atom. The first kappa shape index (κ1) is 42.2. The lowest BCUT2D eigenvalue weighted by molar-refractivity contribution is 0.0701. The second-order valence-corrected chi connectivity index (χ2v) is 18.0. The average Bonchev–Trinajstić information content (AvgIpc) is 2.94. The van der Waals surface area contributed by atoms with Crippen molar-refractivity contribution in [2.75, 3.05) is 72.6 Å². The average molecular weight is 671 g/mol. The maximum Gasteiger partial charge on any atom is 0.528 e. The molecule has 0 aromatic heterocycles. The van der Waals surface area contributed by atoms with E-state index in [0.717, 1.165) is 38.0 Å². The van der Waals surface area contributed by atoms with Crippen molar-refractivity contribution in [1.29, 1.82) is 0 Å². The van der Waals surface area contributed by atoms with E-state index in [1.54, 1.807) is 0 Å². The molecule has 0 atom stereocenters. The molecule has 0 aromatic carbocycles. The number of rotatable bonds is 31. The van der Waals surface area contributed by atoms with Crippen LogP contribution in [-0.2, 0) is 39.8 Å². The molecule has 0 heterocycles. The molecule has 0 amide bonds. The monoisotopic (exact) mass is 670 g/mol. The van der Waals surface area contributed by atoms with E-state index in [2.05, 4.69) is 16.3 Å². The third kappa shape index (κ3) is 17.6. The molecular weight excluding hydrogens is 609 g/mol.